The van der Waals surface area contributed by atoms with E-state index in [0.717, 1.165) is 12.8 Å². The lowest BCUT2D eigenvalue weighted by Gasteiger charge is -2.13. The van der Waals surface area contributed by atoms with Gasteiger partial charge in [-0.25, -0.2) is 0 Å². The Labute approximate surface area is 64.2 Å². The van der Waals surface area contributed by atoms with Crippen molar-refractivity contribution >= 4 is 0 Å². The molecule has 0 spiro atoms. The van der Waals surface area contributed by atoms with Crippen LogP contribution in [0.4, 0.5) is 13.2 Å². The zero-order chi connectivity index (χ0) is 8.91. The van der Waals surface area contributed by atoms with E-state index in [1.165, 1.54) is 0 Å². The standard InChI is InChI=1S/C7H13F3O/c1-2-3-4-5-6(11)7(8,9)10/h6,11H,2-5H2,1H3/t6-/m0/s1. The molecule has 1 atom stereocenters. The molecule has 0 aromatic heterocycles. The van der Waals surface area contributed by atoms with Crippen LogP contribution < -0.4 is 0 Å². The van der Waals surface area contributed by atoms with Crippen molar-refractivity contribution < 1.29 is 18.3 Å². The van der Waals surface area contributed by atoms with Gasteiger partial charge in [-0.2, -0.15) is 13.2 Å². The molecule has 11 heavy (non-hydrogen) atoms. The van der Waals surface area contributed by atoms with Crippen molar-refractivity contribution in [3.63, 3.8) is 0 Å². The Morgan fingerprint density at radius 2 is 1.82 bits per heavy atom. The summed E-state index contributed by atoms with van der Waals surface area (Å²) in [4.78, 5) is 0. The Balaban J connectivity index is 3.44. The van der Waals surface area contributed by atoms with Crippen LogP contribution in [0.1, 0.15) is 32.6 Å². The van der Waals surface area contributed by atoms with E-state index in [4.69, 9.17) is 5.11 Å². The molecule has 0 fully saturated rings. The molecule has 1 N–H and O–H groups in total. The second-order valence-corrected chi connectivity index (χ2v) is 2.55. The van der Waals surface area contributed by atoms with E-state index in [9.17, 15) is 13.2 Å². The van der Waals surface area contributed by atoms with Crippen molar-refractivity contribution in [2.45, 2.75) is 44.9 Å². The van der Waals surface area contributed by atoms with Gasteiger partial charge in [-0.1, -0.05) is 26.2 Å². The number of halogens is 3. The van der Waals surface area contributed by atoms with E-state index in [2.05, 4.69) is 0 Å². The van der Waals surface area contributed by atoms with E-state index in [-0.39, 0.29) is 6.42 Å². The molecule has 0 aliphatic carbocycles. The van der Waals surface area contributed by atoms with Crippen LogP contribution in [0.25, 0.3) is 0 Å². The number of rotatable bonds is 4. The van der Waals surface area contributed by atoms with Crippen molar-refractivity contribution in [1.82, 2.24) is 0 Å². The smallest absolute Gasteiger partial charge is 0.384 e. The topological polar surface area (TPSA) is 20.2 Å². The predicted molar refractivity (Wildman–Crippen MR) is 36.2 cm³/mol. The van der Waals surface area contributed by atoms with Gasteiger partial charge in [0.05, 0.1) is 0 Å². The van der Waals surface area contributed by atoms with Crippen molar-refractivity contribution in [1.29, 1.82) is 0 Å². The molecule has 0 aromatic carbocycles. The Hall–Kier alpha value is -0.250. The molecule has 0 rings (SSSR count). The third kappa shape index (κ3) is 5.07. The van der Waals surface area contributed by atoms with Gasteiger partial charge >= 0.3 is 6.18 Å². The van der Waals surface area contributed by atoms with E-state index in [1.807, 2.05) is 6.92 Å². The summed E-state index contributed by atoms with van der Waals surface area (Å²) in [5.41, 5.74) is 0. The van der Waals surface area contributed by atoms with Crippen molar-refractivity contribution in [2.24, 2.45) is 0 Å². The van der Waals surface area contributed by atoms with Crippen molar-refractivity contribution in [3.05, 3.63) is 0 Å². The maximum atomic E-state index is 11.6. The first-order chi connectivity index (χ1) is 4.98. The fourth-order valence-electron chi connectivity index (χ4n) is 0.751. The van der Waals surface area contributed by atoms with Gasteiger partial charge in [0.25, 0.3) is 0 Å². The lowest BCUT2D eigenvalue weighted by Crippen LogP contribution is -2.28. The third-order valence-corrected chi connectivity index (χ3v) is 1.46. The number of aliphatic hydroxyl groups excluding tert-OH is 1. The second kappa shape index (κ2) is 4.59. The zero-order valence-electron chi connectivity index (χ0n) is 6.49. The SMILES string of the molecule is CCCCC[C@H](O)C(F)(F)F. The fraction of sp³-hybridized carbons (Fsp3) is 1.00. The van der Waals surface area contributed by atoms with Crippen molar-refractivity contribution in [2.75, 3.05) is 0 Å². The Morgan fingerprint density at radius 1 is 1.27 bits per heavy atom. The number of hydrogen-bond donors (Lipinski definition) is 1. The Morgan fingerprint density at radius 3 is 2.18 bits per heavy atom. The molecule has 0 unspecified atom stereocenters. The van der Waals surface area contributed by atoms with E-state index < -0.39 is 12.3 Å². The summed E-state index contributed by atoms with van der Waals surface area (Å²) in [6, 6.07) is 0. The first-order valence-corrected chi connectivity index (χ1v) is 3.73. The van der Waals surface area contributed by atoms with Gasteiger partial charge in [0.2, 0.25) is 0 Å². The Kier molecular flexibility index (Phi) is 4.49. The number of alkyl halides is 3. The van der Waals surface area contributed by atoms with Crippen molar-refractivity contribution in [3.8, 4) is 0 Å². The number of hydrogen-bond acceptors (Lipinski definition) is 1. The van der Waals surface area contributed by atoms with Gasteiger partial charge < -0.3 is 5.11 Å². The molecule has 0 saturated heterocycles. The largest absolute Gasteiger partial charge is 0.414 e. The lowest BCUT2D eigenvalue weighted by molar-refractivity contribution is -0.205. The maximum Gasteiger partial charge on any atom is 0.414 e. The number of aliphatic hydroxyl groups is 1. The van der Waals surface area contributed by atoms with Crippen LogP contribution in [-0.2, 0) is 0 Å². The van der Waals surface area contributed by atoms with Crippen LogP contribution in [0.5, 0.6) is 0 Å². The minimum absolute atomic E-state index is 0.169. The molecule has 0 radical (unpaired) electrons. The minimum atomic E-state index is -4.44. The average molecular weight is 170 g/mol. The molecule has 4 heteroatoms. The molecule has 0 aromatic rings. The molecule has 0 heterocycles. The van der Waals surface area contributed by atoms with Gasteiger partial charge in [-0.3, -0.25) is 0 Å². The summed E-state index contributed by atoms with van der Waals surface area (Å²) in [7, 11) is 0. The normalized spacial score (nSPS) is 15.0. The van der Waals surface area contributed by atoms with Gasteiger partial charge in [-0.05, 0) is 6.42 Å². The van der Waals surface area contributed by atoms with Gasteiger partial charge in [0.15, 0.2) is 0 Å². The fourth-order valence-corrected chi connectivity index (χ4v) is 0.751. The zero-order valence-corrected chi connectivity index (χ0v) is 6.49. The third-order valence-electron chi connectivity index (χ3n) is 1.46. The van der Waals surface area contributed by atoms with Crippen LogP contribution in [0.2, 0.25) is 0 Å². The Bertz CT molecular complexity index is 100. The van der Waals surface area contributed by atoms with Crippen LogP contribution in [0.3, 0.4) is 0 Å². The quantitative estimate of drug-likeness (QED) is 0.642. The number of unbranched alkanes of at least 4 members (excludes halogenated alkanes) is 2. The highest BCUT2D eigenvalue weighted by molar-refractivity contribution is 4.64. The first kappa shape index (κ1) is 10.8. The molecule has 0 amide bonds. The molecule has 0 saturated carbocycles. The first-order valence-electron chi connectivity index (χ1n) is 3.73. The second-order valence-electron chi connectivity index (χ2n) is 2.55. The summed E-state index contributed by atoms with van der Waals surface area (Å²) in [6.45, 7) is 1.90. The summed E-state index contributed by atoms with van der Waals surface area (Å²) in [6.07, 6.45) is -4.69. The van der Waals surface area contributed by atoms with Gasteiger partial charge in [0.1, 0.15) is 6.10 Å². The van der Waals surface area contributed by atoms with E-state index in [1.54, 1.807) is 0 Å². The highest BCUT2D eigenvalue weighted by atomic mass is 19.4. The minimum Gasteiger partial charge on any atom is -0.384 e. The molecule has 68 valence electrons. The van der Waals surface area contributed by atoms with Crippen LogP contribution >= 0.6 is 0 Å². The average Bonchev–Trinajstić information content (AvgIpc) is 1.86. The highest BCUT2D eigenvalue weighted by Gasteiger charge is 2.37. The molecule has 0 bridgehead atoms. The lowest BCUT2D eigenvalue weighted by atomic mass is 10.1. The molecule has 0 aliphatic rings. The van der Waals surface area contributed by atoms with Gasteiger partial charge in [0, 0.05) is 0 Å². The maximum absolute atomic E-state index is 11.6. The summed E-state index contributed by atoms with van der Waals surface area (Å²) < 4.78 is 34.9. The van der Waals surface area contributed by atoms with Crippen LogP contribution in [-0.4, -0.2) is 17.4 Å². The molecular weight excluding hydrogens is 157 g/mol. The molecular formula is C7H13F3O. The molecule has 1 nitrogen and oxygen atoms in total. The van der Waals surface area contributed by atoms with Crippen LogP contribution in [0, 0.1) is 0 Å². The summed E-state index contributed by atoms with van der Waals surface area (Å²) >= 11 is 0. The highest BCUT2D eigenvalue weighted by Crippen LogP contribution is 2.23. The van der Waals surface area contributed by atoms with E-state index >= 15 is 0 Å². The van der Waals surface area contributed by atoms with Crippen LogP contribution in [0.15, 0.2) is 0 Å². The summed E-state index contributed by atoms with van der Waals surface area (Å²) in [5, 5.41) is 8.49. The van der Waals surface area contributed by atoms with E-state index in [0.29, 0.717) is 6.42 Å². The van der Waals surface area contributed by atoms with Gasteiger partial charge in [-0.15, -0.1) is 0 Å². The summed E-state index contributed by atoms with van der Waals surface area (Å²) in [5.74, 6) is 0. The molecule has 0 aliphatic heterocycles. The monoisotopic (exact) mass is 170 g/mol. The predicted octanol–water partition coefficient (Wildman–Crippen LogP) is 2.49.